The molecular weight excluding hydrogens is 686 g/mol. The molecule has 6 aromatic rings. The van der Waals surface area contributed by atoms with E-state index in [-0.39, 0.29) is 41.0 Å². The van der Waals surface area contributed by atoms with Gasteiger partial charge in [-0.05, 0) is 98.5 Å². The number of carbonyl (C=O) groups excluding carboxylic acids is 2. The maximum absolute atomic E-state index is 13.1. The first-order valence-corrected chi connectivity index (χ1v) is 17.0. The van der Waals surface area contributed by atoms with Crippen molar-refractivity contribution in [2.45, 2.75) is 37.5 Å². The molecule has 8 rings (SSSR count). The van der Waals surface area contributed by atoms with Crippen LogP contribution in [0.15, 0.2) is 98.6 Å². The van der Waals surface area contributed by atoms with Crippen LogP contribution in [0.4, 0.5) is 8.78 Å². The van der Waals surface area contributed by atoms with Gasteiger partial charge >= 0.3 is 0 Å². The molecule has 2 atom stereocenters. The Labute approximate surface area is 301 Å². The molecule has 3 aromatic carbocycles. The molecule has 0 spiro atoms. The van der Waals surface area contributed by atoms with Gasteiger partial charge in [-0.1, -0.05) is 15.5 Å². The number of amides is 2. The van der Waals surface area contributed by atoms with Crippen molar-refractivity contribution in [1.82, 2.24) is 35.2 Å². The Kier molecular flexibility index (Phi) is 10.4. The number of aromatic nitrogens is 5. The largest absolute Gasteiger partial charge is 0.351 e. The number of hydrogen-bond acceptors (Lipinski definition) is 11. The highest BCUT2D eigenvalue weighted by Crippen LogP contribution is 2.30. The molecule has 0 N–H and O–H groups in total. The second-order valence-electron chi connectivity index (χ2n) is 12.7. The fourth-order valence-corrected chi connectivity index (χ4v) is 6.31. The molecule has 53 heavy (non-hydrogen) atoms. The van der Waals surface area contributed by atoms with E-state index in [0.717, 1.165) is 25.7 Å². The van der Waals surface area contributed by atoms with E-state index in [0.29, 0.717) is 71.9 Å². The predicted molar refractivity (Wildman–Crippen MR) is 183 cm³/mol. The average Bonchev–Trinajstić information content (AvgIpc) is 4.02. The lowest BCUT2D eigenvalue weighted by molar-refractivity contribution is 0.0652. The SMILES string of the molecule is N#Cc1ccc(C(=O)N2CCC[C@H](c3nc(-c4ccc(F)cc4)no3)C2)cc1.O=C(c1ccno1)N1CCC[C@H](c2nc(-c3ccc(F)cc3)no2)C1. The Morgan fingerprint density at radius 2 is 1.19 bits per heavy atom. The smallest absolute Gasteiger partial charge is 0.292 e. The molecule has 0 radical (unpaired) electrons. The summed E-state index contributed by atoms with van der Waals surface area (Å²) in [5, 5.41) is 20.4. The fraction of sp³-hybridized carbons (Fsp3) is 0.263. The highest BCUT2D eigenvalue weighted by molar-refractivity contribution is 5.94. The summed E-state index contributed by atoms with van der Waals surface area (Å²) in [6.45, 7) is 2.28. The first-order valence-electron chi connectivity index (χ1n) is 17.0. The van der Waals surface area contributed by atoms with Crippen LogP contribution in [0.25, 0.3) is 22.8 Å². The molecule has 0 bridgehead atoms. The Morgan fingerprint density at radius 1 is 0.679 bits per heavy atom. The number of rotatable bonds is 6. The number of likely N-dealkylation sites (tertiary alicyclic amines) is 2. The van der Waals surface area contributed by atoms with Crippen LogP contribution in [-0.2, 0) is 0 Å². The quantitative estimate of drug-likeness (QED) is 0.181. The molecule has 0 saturated carbocycles. The third kappa shape index (κ3) is 8.17. The molecule has 5 heterocycles. The van der Waals surface area contributed by atoms with Crippen molar-refractivity contribution in [1.29, 1.82) is 5.26 Å². The van der Waals surface area contributed by atoms with Crippen molar-refractivity contribution in [3.8, 4) is 28.8 Å². The Bertz CT molecular complexity index is 2200. The van der Waals surface area contributed by atoms with Crippen LogP contribution in [0.2, 0.25) is 0 Å². The third-order valence-electron chi connectivity index (χ3n) is 9.11. The van der Waals surface area contributed by atoms with E-state index in [2.05, 4.69) is 25.4 Å². The monoisotopic (exact) mass is 718 g/mol. The van der Waals surface area contributed by atoms with Crippen molar-refractivity contribution in [3.63, 3.8) is 0 Å². The Hall–Kier alpha value is -6.56. The van der Waals surface area contributed by atoms with Gasteiger partial charge < -0.3 is 23.4 Å². The first kappa shape index (κ1) is 34.9. The van der Waals surface area contributed by atoms with Crippen LogP contribution < -0.4 is 0 Å². The maximum atomic E-state index is 13.1. The number of halogens is 2. The van der Waals surface area contributed by atoms with Crippen molar-refractivity contribution >= 4 is 11.8 Å². The molecule has 13 nitrogen and oxygen atoms in total. The lowest BCUT2D eigenvalue weighted by atomic mass is 9.97. The second-order valence-corrected chi connectivity index (χ2v) is 12.7. The topological polar surface area (TPSA) is 168 Å². The molecule has 0 aliphatic carbocycles. The number of benzene rings is 3. The van der Waals surface area contributed by atoms with Crippen LogP contribution in [0.5, 0.6) is 0 Å². The van der Waals surface area contributed by atoms with Crippen LogP contribution in [0, 0.1) is 23.0 Å². The minimum Gasteiger partial charge on any atom is -0.351 e. The average molecular weight is 719 g/mol. The molecule has 0 unspecified atom stereocenters. The van der Waals surface area contributed by atoms with Gasteiger partial charge in [-0.2, -0.15) is 15.2 Å². The number of piperidine rings is 2. The van der Waals surface area contributed by atoms with Crippen molar-refractivity contribution in [3.05, 3.63) is 125 Å². The highest BCUT2D eigenvalue weighted by atomic mass is 19.1. The summed E-state index contributed by atoms with van der Waals surface area (Å²) in [6.07, 6.45) is 4.81. The second kappa shape index (κ2) is 15.8. The van der Waals surface area contributed by atoms with E-state index in [1.165, 1.54) is 30.5 Å². The molecule has 2 amide bonds. The van der Waals surface area contributed by atoms with Gasteiger partial charge in [0, 0.05) is 48.9 Å². The standard InChI is InChI=1S/C21H17FN4O2.C17H15FN4O3/c22-18-9-7-15(8-10-18)19-24-20(28-25-19)17-2-1-11-26(13-17)21(27)16-5-3-14(12-23)4-6-16;18-13-5-3-11(4-6-13)15-20-16(25-21-15)12-2-1-9-22(10-12)17(23)14-7-8-19-24-14/h3-10,17H,1-2,11,13H2;3-8,12H,1-2,9-10H2/t17-;12-/m00/s1. The number of nitrogens with zero attached hydrogens (tertiary/aromatic N) is 8. The van der Waals surface area contributed by atoms with Gasteiger partial charge in [0.2, 0.25) is 29.2 Å². The third-order valence-corrected chi connectivity index (χ3v) is 9.11. The Morgan fingerprint density at radius 3 is 1.66 bits per heavy atom. The molecule has 268 valence electrons. The maximum Gasteiger partial charge on any atom is 0.292 e. The zero-order chi connectivity index (χ0) is 36.7. The summed E-state index contributed by atoms with van der Waals surface area (Å²) in [6, 6.07) is 22.0. The summed E-state index contributed by atoms with van der Waals surface area (Å²) < 4.78 is 41.8. The van der Waals surface area contributed by atoms with Crippen LogP contribution in [-0.4, -0.2) is 73.2 Å². The molecule has 15 heteroatoms. The minimum atomic E-state index is -0.322. The molecule has 2 saturated heterocycles. The van der Waals surface area contributed by atoms with Gasteiger partial charge in [-0.25, -0.2) is 8.78 Å². The predicted octanol–water partition coefficient (Wildman–Crippen LogP) is 6.65. The van der Waals surface area contributed by atoms with E-state index in [9.17, 15) is 18.4 Å². The summed E-state index contributed by atoms with van der Waals surface area (Å²) in [4.78, 5) is 37.5. The lowest BCUT2D eigenvalue weighted by Gasteiger charge is -2.31. The number of carbonyl (C=O) groups is 2. The van der Waals surface area contributed by atoms with Crippen molar-refractivity contribution in [2.24, 2.45) is 0 Å². The molecule has 2 fully saturated rings. The van der Waals surface area contributed by atoms with Crippen molar-refractivity contribution in [2.75, 3.05) is 26.2 Å². The summed E-state index contributed by atoms with van der Waals surface area (Å²) in [7, 11) is 0. The highest BCUT2D eigenvalue weighted by Gasteiger charge is 2.31. The van der Waals surface area contributed by atoms with Crippen LogP contribution >= 0.6 is 0 Å². The zero-order valence-electron chi connectivity index (χ0n) is 28.3. The van der Waals surface area contributed by atoms with Gasteiger partial charge in [0.05, 0.1) is 29.7 Å². The molecular formula is C38H32F2N8O5. The van der Waals surface area contributed by atoms with E-state index in [1.54, 1.807) is 64.4 Å². The van der Waals surface area contributed by atoms with Crippen LogP contribution in [0.3, 0.4) is 0 Å². The van der Waals surface area contributed by atoms with Gasteiger partial charge in [0.15, 0.2) is 0 Å². The molecule has 2 aliphatic heterocycles. The van der Waals surface area contributed by atoms with Crippen molar-refractivity contribution < 1.29 is 31.9 Å². The van der Waals surface area contributed by atoms with E-state index in [4.69, 9.17) is 18.8 Å². The van der Waals surface area contributed by atoms with Gasteiger partial charge in [-0.3, -0.25) is 9.59 Å². The number of nitriles is 1. The normalized spacial score (nSPS) is 17.1. The fourth-order valence-electron chi connectivity index (χ4n) is 6.31. The Balaban J connectivity index is 0.000000165. The first-order chi connectivity index (χ1) is 25.8. The van der Waals surface area contributed by atoms with E-state index in [1.807, 2.05) is 6.07 Å². The minimum absolute atomic E-state index is 0.0395. The van der Waals surface area contributed by atoms with Gasteiger partial charge in [0.1, 0.15) is 11.6 Å². The van der Waals surface area contributed by atoms with Crippen LogP contribution in [0.1, 0.15) is 75.8 Å². The summed E-state index contributed by atoms with van der Waals surface area (Å²) in [5.74, 6) is 1.01. The van der Waals surface area contributed by atoms with E-state index >= 15 is 0 Å². The number of hydrogen-bond donors (Lipinski definition) is 0. The summed E-state index contributed by atoms with van der Waals surface area (Å²) >= 11 is 0. The van der Waals surface area contributed by atoms with Gasteiger partial charge in [0.25, 0.3) is 11.8 Å². The molecule has 2 aliphatic rings. The van der Waals surface area contributed by atoms with Gasteiger partial charge in [-0.15, -0.1) is 0 Å². The zero-order valence-corrected chi connectivity index (χ0v) is 28.3. The van der Waals surface area contributed by atoms with E-state index < -0.39 is 0 Å². The summed E-state index contributed by atoms with van der Waals surface area (Å²) in [5.41, 5.74) is 2.43. The molecule has 3 aromatic heterocycles. The lowest BCUT2D eigenvalue weighted by Crippen LogP contribution is -2.39.